The van der Waals surface area contributed by atoms with Gasteiger partial charge in [0.25, 0.3) is 0 Å². The minimum atomic E-state index is -0.341. The maximum atomic E-state index is 12.3. The number of nitrogens with zero attached hydrogens (tertiary/aromatic N) is 1. The molecule has 0 fully saturated rings. The van der Waals surface area contributed by atoms with Gasteiger partial charge in [-0.3, -0.25) is 9.59 Å². The lowest BCUT2D eigenvalue weighted by molar-refractivity contribution is -0.134. The Hall–Kier alpha value is -2.33. The fourth-order valence-corrected chi connectivity index (χ4v) is 2.49. The highest BCUT2D eigenvalue weighted by Gasteiger charge is 2.16. The molecule has 0 spiro atoms. The molecule has 0 aliphatic rings. The van der Waals surface area contributed by atoms with E-state index in [4.69, 9.17) is 11.6 Å². The van der Waals surface area contributed by atoms with Gasteiger partial charge in [0.2, 0.25) is 11.8 Å². The van der Waals surface area contributed by atoms with Gasteiger partial charge in [0.05, 0.1) is 0 Å². The maximum Gasteiger partial charge on any atom is 0.233 e. The number of halogens is 1. The molecule has 4 nitrogen and oxygen atoms in total. The fourth-order valence-electron chi connectivity index (χ4n) is 2.31. The average Bonchev–Trinajstić information content (AvgIpc) is 2.56. The highest BCUT2D eigenvalue weighted by atomic mass is 35.5. The second-order valence-electron chi connectivity index (χ2n) is 5.58. The molecular formula is C19H21ClN2O2. The van der Waals surface area contributed by atoms with Crippen LogP contribution in [0.1, 0.15) is 24.5 Å². The van der Waals surface area contributed by atoms with Gasteiger partial charge in [-0.2, -0.15) is 0 Å². The molecule has 126 valence electrons. The van der Waals surface area contributed by atoms with Crippen LogP contribution in [-0.4, -0.2) is 23.3 Å². The monoisotopic (exact) mass is 344 g/mol. The van der Waals surface area contributed by atoms with Crippen molar-refractivity contribution in [1.29, 1.82) is 0 Å². The van der Waals surface area contributed by atoms with Crippen LogP contribution in [0.5, 0.6) is 0 Å². The minimum Gasteiger partial charge on any atom is -0.338 e. The molecule has 0 radical (unpaired) electrons. The predicted octanol–water partition coefficient (Wildman–Crippen LogP) is 4.03. The maximum absolute atomic E-state index is 12.3. The summed E-state index contributed by atoms with van der Waals surface area (Å²) >= 11 is 6.04. The first-order valence-corrected chi connectivity index (χ1v) is 8.25. The minimum absolute atomic E-state index is 0.188. The lowest BCUT2D eigenvalue weighted by atomic mass is 10.2. The van der Waals surface area contributed by atoms with Crippen molar-refractivity contribution in [3.05, 3.63) is 64.7 Å². The topological polar surface area (TPSA) is 49.4 Å². The van der Waals surface area contributed by atoms with Crippen molar-refractivity contribution in [1.82, 2.24) is 4.90 Å². The number of nitrogens with one attached hydrogen (secondary N) is 1. The van der Waals surface area contributed by atoms with Crippen LogP contribution in [0, 0.1) is 6.92 Å². The molecule has 0 aromatic heterocycles. The summed E-state index contributed by atoms with van der Waals surface area (Å²) in [6.07, 6.45) is -0.188. The van der Waals surface area contributed by atoms with Crippen molar-refractivity contribution in [3.8, 4) is 0 Å². The fraction of sp³-hybridized carbons (Fsp3) is 0.263. The molecule has 0 aliphatic heterocycles. The molecule has 0 heterocycles. The summed E-state index contributed by atoms with van der Waals surface area (Å²) in [7, 11) is 0. The normalized spacial score (nSPS) is 10.3. The molecule has 1 N–H and O–H groups in total. The van der Waals surface area contributed by atoms with Crippen molar-refractivity contribution in [2.45, 2.75) is 26.8 Å². The number of rotatable bonds is 6. The first-order chi connectivity index (χ1) is 11.5. The second kappa shape index (κ2) is 8.50. The zero-order chi connectivity index (χ0) is 17.5. The summed E-state index contributed by atoms with van der Waals surface area (Å²) in [6, 6.07) is 15.0. The van der Waals surface area contributed by atoms with Gasteiger partial charge < -0.3 is 10.2 Å². The summed E-state index contributed by atoms with van der Waals surface area (Å²) in [6.45, 7) is 4.84. The van der Waals surface area contributed by atoms with Gasteiger partial charge in [-0.05, 0) is 37.1 Å². The molecule has 2 amide bonds. The molecule has 0 atom stereocenters. The molecule has 2 rings (SSSR count). The van der Waals surface area contributed by atoms with E-state index in [1.54, 1.807) is 17.0 Å². The molecule has 0 unspecified atom stereocenters. The molecule has 0 saturated carbocycles. The van der Waals surface area contributed by atoms with E-state index in [-0.39, 0.29) is 18.2 Å². The Morgan fingerprint density at radius 2 is 1.83 bits per heavy atom. The summed E-state index contributed by atoms with van der Waals surface area (Å²) in [5, 5.41) is 3.29. The standard InChI is InChI=1S/C19H21ClN2O2/c1-3-22(13-15-7-5-4-6-8-15)19(24)12-18(23)21-16-10-9-14(2)17(20)11-16/h4-11H,3,12-13H2,1-2H3,(H,21,23). The third kappa shape index (κ3) is 5.10. The van der Waals surface area contributed by atoms with E-state index in [0.717, 1.165) is 11.1 Å². The van der Waals surface area contributed by atoms with Gasteiger partial charge >= 0.3 is 0 Å². The van der Waals surface area contributed by atoms with Crippen molar-refractivity contribution < 1.29 is 9.59 Å². The Balaban J connectivity index is 1.93. The summed E-state index contributed by atoms with van der Waals surface area (Å²) in [4.78, 5) is 26.1. The molecular weight excluding hydrogens is 324 g/mol. The number of amides is 2. The predicted molar refractivity (Wildman–Crippen MR) is 97.0 cm³/mol. The zero-order valence-corrected chi connectivity index (χ0v) is 14.6. The Morgan fingerprint density at radius 3 is 2.46 bits per heavy atom. The van der Waals surface area contributed by atoms with Gasteiger partial charge in [0, 0.05) is 23.8 Å². The Morgan fingerprint density at radius 1 is 1.12 bits per heavy atom. The number of aryl methyl sites for hydroxylation is 1. The third-order valence-electron chi connectivity index (χ3n) is 3.72. The summed E-state index contributed by atoms with van der Waals surface area (Å²) in [5.41, 5.74) is 2.57. The van der Waals surface area contributed by atoms with Crippen LogP contribution in [0.3, 0.4) is 0 Å². The summed E-state index contributed by atoms with van der Waals surface area (Å²) in [5.74, 6) is -0.538. The van der Waals surface area contributed by atoms with Gasteiger partial charge in [0.15, 0.2) is 0 Å². The number of carbonyl (C=O) groups is 2. The van der Waals surface area contributed by atoms with Gasteiger partial charge in [-0.1, -0.05) is 48.0 Å². The molecule has 0 saturated heterocycles. The van der Waals surface area contributed by atoms with Crippen LogP contribution in [0.2, 0.25) is 5.02 Å². The van der Waals surface area contributed by atoms with E-state index in [2.05, 4.69) is 5.32 Å². The Kier molecular flexibility index (Phi) is 6.38. The van der Waals surface area contributed by atoms with E-state index in [0.29, 0.717) is 23.8 Å². The van der Waals surface area contributed by atoms with Gasteiger partial charge in [-0.15, -0.1) is 0 Å². The number of benzene rings is 2. The molecule has 2 aromatic rings. The average molecular weight is 345 g/mol. The van der Waals surface area contributed by atoms with Crippen LogP contribution in [0.4, 0.5) is 5.69 Å². The number of anilines is 1. The zero-order valence-electron chi connectivity index (χ0n) is 13.9. The van der Waals surface area contributed by atoms with Crippen LogP contribution < -0.4 is 5.32 Å². The highest BCUT2D eigenvalue weighted by molar-refractivity contribution is 6.31. The smallest absolute Gasteiger partial charge is 0.233 e. The molecule has 2 aromatic carbocycles. The SMILES string of the molecule is CCN(Cc1ccccc1)C(=O)CC(=O)Nc1ccc(C)c(Cl)c1. The second-order valence-corrected chi connectivity index (χ2v) is 5.99. The van der Waals surface area contributed by atoms with E-state index >= 15 is 0 Å². The Bertz CT molecular complexity index is 717. The lowest BCUT2D eigenvalue weighted by Gasteiger charge is -2.21. The highest BCUT2D eigenvalue weighted by Crippen LogP contribution is 2.20. The van der Waals surface area contributed by atoms with Crippen LogP contribution >= 0.6 is 11.6 Å². The van der Waals surface area contributed by atoms with Crippen LogP contribution in [0.25, 0.3) is 0 Å². The lowest BCUT2D eigenvalue weighted by Crippen LogP contribution is -2.33. The van der Waals surface area contributed by atoms with Crippen molar-refractivity contribution in [3.63, 3.8) is 0 Å². The van der Waals surface area contributed by atoms with Gasteiger partial charge in [0.1, 0.15) is 6.42 Å². The van der Waals surface area contributed by atoms with E-state index in [9.17, 15) is 9.59 Å². The first-order valence-electron chi connectivity index (χ1n) is 7.87. The molecule has 24 heavy (non-hydrogen) atoms. The largest absolute Gasteiger partial charge is 0.338 e. The Labute approximate surface area is 147 Å². The first kappa shape index (κ1) is 18.0. The van der Waals surface area contributed by atoms with Crippen molar-refractivity contribution in [2.24, 2.45) is 0 Å². The van der Waals surface area contributed by atoms with Gasteiger partial charge in [-0.25, -0.2) is 0 Å². The third-order valence-corrected chi connectivity index (χ3v) is 4.13. The number of carbonyl (C=O) groups excluding carboxylic acids is 2. The van der Waals surface area contributed by atoms with Crippen LogP contribution in [-0.2, 0) is 16.1 Å². The quantitative estimate of drug-likeness (QED) is 0.804. The summed E-state index contributed by atoms with van der Waals surface area (Å²) < 4.78 is 0. The van der Waals surface area contributed by atoms with E-state index < -0.39 is 0 Å². The molecule has 0 aliphatic carbocycles. The van der Waals surface area contributed by atoms with Crippen molar-refractivity contribution >= 4 is 29.1 Å². The number of hydrogen-bond donors (Lipinski definition) is 1. The van der Waals surface area contributed by atoms with E-state index in [1.165, 1.54) is 0 Å². The van der Waals surface area contributed by atoms with Crippen molar-refractivity contribution in [2.75, 3.05) is 11.9 Å². The molecule has 5 heteroatoms. The molecule has 0 bridgehead atoms. The number of hydrogen-bond acceptors (Lipinski definition) is 2. The van der Waals surface area contributed by atoms with E-state index in [1.807, 2.05) is 50.2 Å². The van der Waals surface area contributed by atoms with Crippen LogP contribution in [0.15, 0.2) is 48.5 Å².